The zero-order chi connectivity index (χ0) is 10.9. The van der Waals surface area contributed by atoms with Crippen LogP contribution in [0.5, 0.6) is 17.2 Å². The minimum absolute atomic E-state index is 0.255. The largest absolute Gasteiger partial charge is 0.504 e. The van der Waals surface area contributed by atoms with Crippen molar-refractivity contribution in [2.45, 2.75) is 13.0 Å². The van der Waals surface area contributed by atoms with Crippen LogP contribution in [-0.4, -0.2) is 21.1 Å². The summed E-state index contributed by atoms with van der Waals surface area (Å²) in [5.74, 6) is -1.92. The van der Waals surface area contributed by atoms with Gasteiger partial charge in [0.25, 0.3) is 0 Å². The van der Waals surface area contributed by atoms with Gasteiger partial charge < -0.3 is 21.1 Å². The Kier molecular flexibility index (Phi) is 2.62. The summed E-state index contributed by atoms with van der Waals surface area (Å²) in [5.41, 5.74) is 5.73. The van der Waals surface area contributed by atoms with Gasteiger partial charge in [-0.15, -0.1) is 0 Å². The second-order valence-electron chi connectivity index (χ2n) is 3.00. The Morgan fingerprint density at radius 3 is 2.07 bits per heavy atom. The highest BCUT2D eigenvalue weighted by molar-refractivity contribution is 5.83. The number of hydrogen-bond donors (Lipinski definition) is 4. The summed E-state index contributed by atoms with van der Waals surface area (Å²) < 4.78 is 0. The monoisotopic (exact) mass is 197 g/mol. The molecule has 0 aliphatic rings. The summed E-state index contributed by atoms with van der Waals surface area (Å²) in [6.07, 6.45) is 0. The molecule has 0 aliphatic carbocycles. The Morgan fingerprint density at radius 2 is 1.71 bits per heavy atom. The first kappa shape index (κ1) is 10.3. The van der Waals surface area contributed by atoms with Gasteiger partial charge in [0.2, 0.25) is 0 Å². The molecule has 5 heteroatoms. The molecule has 0 fully saturated rings. The topological polar surface area (TPSA) is 104 Å². The molecule has 0 heterocycles. The molecule has 0 aliphatic heterocycles. The van der Waals surface area contributed by atoms with Crippen molar-refractivity contribution in [2.24, 2.45) is 5.73 Å². The van der Waals surface area contributed by atoms with Crippen molar-refractivity contribution < 1.29 is 20.1 Å². The molecule has 76 valence electrons. The van der Waals surface area contributed by atoms with Gasteiger partial charge in [0.05, 0.1) is 6.04 Å². The number of ketones is 1. The lowest BCUT2D eigenvalue weighted by molar-refractivity contribution is -0.118. The normalized spacial score (nSPS) is 12.4. The van der Waals surface area contributed by atoms with Crippen molar-refractivity contribution in [3.05, 3.63) is 17.7 Å². The zero-order valence-electron chi connectivity index (χ0n) is 7.56. The molecule has 0 aromatic heterocycles. The quantitative estimate of drug-likeness (QED) is 0.513. The second-order valence-corrected chi connectivity index (χ2v) is 3.00. The van der Waals surface area contributed by atoms with E-state index >= 15 is 0 Å². The van der Waals surface area contributed by atoms with Gasteiger partial charge in [-0.25, -0.2) is 0 Å². The summed E-state index contributed by atoms with van der Waals surface area (Å²) in [5, 5.41) is 27.3. The van der Waals surface area contributed by atoms with Crippen molar-refractivity contribution in [2.75, 3.05) is 0 Å². The Hall–Kier alpha value is -1.75. The van der Waals surface area contributed by atoms with Gasteiger partial charge in [-0.1, -0.05) is 0 Å². The Balaban J connectivity index is 3.19. The van der Waals surface area contributed by atoms with Crippen LogP contribution in [0.3, 0.4) is 0 Å². The number of carbonyl (C=O) groups is 1. The summed E-state index contributed by atoms with van der Waals surface area (Å²) in [4.78, 5) is 10.9. The molecule has 0 saturated heterocycles. The third kappa shape index (κ3) is 1.77. The third-order valence-electron chi connectivity index (χ3n) is 1.89. The van der Waals surface area contributed by atoms with Crippen molar-refractivity contribution in [3.8, 4) is 17.2 Å². The van der Waals surface area contributed by atoms with Gasteiger partial charge in [0, 0.05) is 0 Å². The molecule has 1 aromatic rings. The Morgan fingerprint density at radius 1 is 1.29 bits per heavy atom. The van der Waals surface area contributed by atoms with Crippen LogP contribution in [0.2, 0.25) is 0 Å². The number of hydrogen-bond acceptors (Lipinski definition) is 5. The maximum Gasteiger partial charge on any atom is 0.200 e. The maximum absolute atomic E-state index is 10.9. The highest BCUT2D eigenvalue weighted by Crippen LogP contribution is 2.36. The number of aromatic hydroxyl groups is 3. The van der Waals surface area contributed by atoms with Gasteiger partial charge in [-0.05, 0) is 24.6 Å². The second kappa shape index (κ2) is 3.55. The van der Waals surface area contributed by atoms with Gasteiger partial charge in [0.1, 0.15) is 0 Å². The van der Waals surface area contributed by atoms with E-state index in [4.69, 9.17) is 21.1 Å². The first-order valence-electron chi connectivity index (χ1n) is 3.94. The van der Waals surface area contributed by atoms with Crippen LogP contribution in [0.4, 0.5) is 0 Å². The van der Waals surface area contributed by atoms with Gasteiger partial charge in [-0.3, -0.25) is 4.79 Å². The van der Waals surface area contributed by atoms with E-state index in [1.165, 1.54) is 6.92 Å². The molecular weight excluding hydrogens is 186 g/mol. The molecule has 0 saturated carbocycles. The van der Waals surface area contributed by atoms with Crippen LogP contribution in [0.1, 0.15) is 18.5 Å². The fraction of sp³-hybridized carbons (Fsp3) is 0.222. The number of Topliss-reactive ketones (excluding diaryl/α,β-unsaturated/α-hetero) is 1. The number of rotatable bonds is 2. The van der Waals surface area contributed by atoms with Gasteiger partial charge >= 0.3 is 0 Å². The third-order valence-corrected chi connectivity index (χ3v) is 1.89. The standard InChI is InChI=1S/C9H11NO4/c1-4(11)8(10)5-2-6(12)9(14)7(13)3-5/h2-3,8,12-14H,10H2,1H3. The molecule has 1 atom stereocenters. The van der Waals surface area contributed by atoms with E-state index in [-0.39, 0.29) is 11.3 Å². The van der Waals surface area contributed by atoms with Crippen LogP contribution in [-0.2, 0) is 4.79 Å². The van der Waals surface area contributed by atoms with Gasteiger partial charge in [-0.2, -0.15) is 0 Å². The lowest BCUT2D eigenvalue weighted by Gasteiger charge is -2.10. The lowest BCUT2D eigenvalue weighted by Crippen LogP contribution is -2.18. The van der Waals surface area contributed by atoms with E-state index in [1.54, 1.807) is 0 Å². The number of phenolic OH excluding ortho intramolecular Hbond substituents is 3. The van der Waals surface area contributed by atoms with Crippen LogP contribution >= 0.6 is 0 Å². The Labute approximate surface area is 80.4 Å². The van der Waals surface area contributed by atoms with E-state index in [0.717, 1.165) is 12.1 Å². The average molecular weight is 197 g/mol. The van der Waals surface area contributed by atoms with E-state index in [0.29, 0.717) is 0 Å². The smallest absolute Gasteiger partial charge is 0.200 e. The predicted molar refractivity (Wildman–Crippen MR) is 49.0 cm³/mol. The number of carbonyl (C=O) groups excluding carboxylic acids is 1. The number of phenols is 3. The predicted octanol–water partition coefficient (Wildman–Crippen LogP) is 0.392. The molecular formula is C9H11NO4. The van der Waals surface area contributed by atoms with E-state index in [9.17, 15) is 4.79 Å². The van der Waals surface area contributed by atoms with E-state index in [2.05, 4.69) is 0 Å². The fourth-order valence-electron chi connectivity index (χ4n) is 1.04. The van der Waals surface area contributed by atoms with Crippen LogP contribution in [0, 0.1) is 0 Å². The number of benzene rings is 1. The van der Waals surface area contributed by atoms with Crippen LogP contribution in [0.25, 0.3) is 0 Å². The molecule has 14 heavy (non-hydrogen) atoms. The summed E-state index contributed by atoms with van der Waals surface area (Å²) >= 11 is 0. The molecule has 0 spiro atoms. The highest BCUT2D eigenvalue weighted by Gasteiger charge is 2.15. The van der Waals surface area contributed by atoms with Crippen LogP contribution in [0.15, 0.2) is 12.1 Å². The van der Waals surface area contributed by atoms with E-state index < -0.39 is 23.3 Å². The summed E-state index contributed by atoms with van der Waals surface area (Å²) in [6, 6.07) is 1.37. The van der Waals surface area contributed by atoms with Crippen molar-refractivity contribution in [3.63, 3.8) is 0 Å². The molecule has 5 N–H and O–H groups in total. The summed E-state index contributed by atoms with van der Waals surface area (Å²) in [6.45, 7) is 1.30. The highest BCUT2D eigenvalue weighted by atomic mass is 16.3. The molecule has 1 rings (SSSR count). The molecule has 0 amide bonds. The molecule has 0 bridgehead atoms. The maximum atomic E-state index is 10.9. The molecule has 5 nitrogen and oxygen atoms in total. The van der Waals surface area contributed by atoms with Crippen molar-refractivity contribution >= 4 is 5.78 Å². The average Bonchev–Trinajstić information content (AvgIpc) is 2.12. The first-order chi connectivity index (χ1) is 6.43. The van der Waals surface area contributed by atoms with Crippen molar-refractivity contribution in [1.82, 2.24) is 0 Å². The summed E-state index contributed by atoms with van der Waals surface area (Å²) in [7, 11) is 0. The minimum Gasteiger partial charge on any atom is -0.504 e. The van der Waals surface area contributed by atoms with E-state index in [1.807, 2.05) is 0 Å². The zero-order valence-corrected chi connectivity index (χ0v) is 7.56. The lowest BCUT2D eigenvalue weighted by atomic mass is 10.0. The Bertz CT molecular complexity index is 352. The first-order valence-corrected chi connectivity index (χ1v) is 3.94. The molecule has 1 aromatic carbocycles. The minimum atomic E-state index is -0.910. The molecule has 1 unspecified atom stereocenters. The fourth-order valence-corrected chi connectivity index (χ4v) is 1.04. The van der Waals surface area contributed by atoms with Crippen LogP contribution < -0.4 is 5.73 Å². The molecule has 0 radical (unpaired) electrons. The number of nitrogens with two attached hydrogens (primary N) is 1. The van der Waals surface area contributed by atoms with Gasteiger partial charge in [0.15, 0.2) is 23.0 Å². The SMILES string of the molecule is CC(=O)C(N)c1cc(O)c(O)c(O)c1. The van der Waals surface area contributed by atoms with Crippen molar-refractivity contribution in [1.29, 1.82) is 0 Å².